The van der Waals surface area contributed by atoms with Gasteiger partial charge in [0, 0.05) is 17.8 Å². The summed E-state index contributed by atoms with van der Waals surface area (Å²) in [7, 11) is 0. The van der Waals surface area contributed by atoms with Gasteiger partial charge < -0.3 is 10.5 Å². The molecule has 0 aliphatic carbocycles. The van der Waals surface area contributed by atoms with Gasteiger partial charge >= 0.3 is 0 Å². The lowest BCUT2D eigenvalue weighted by molar-refractivity contribution is 0.455. The highest BCUT2D eigenvalue weighted by Gasteiger charge is 2.09. The molecule has 0 saturated heterocycles. The van der Waals surface area contributed by atoms with Gasteiger partial charge in [-0.3, -0.25) is 0 Å². The Kier molecular flexibility index (Phi) is 4.17. The minimum Gasteiger partial charge on any atom is -0.506 e. The fourth-order valence-electron chi connectivity index (χ4n) is 1.49. The molecule has 2 rings (SSSR count). The Morgan fingerprint density at radius 3 is 2.56 bits per heavy atom. The summed E-state index contributed by atoms with van der Waals surface area (Å²) in [6.45, 7) is 0.375. The Morgan fingerprint density at radius 2 is 1.83 bits per heavy atom. The second kappa shape index (κ2) is 5.84. The number of para-hydroxylation sites is 1. The number of halogens is 2. The van der Waals surface area contributed by atoms with Crippen LogP contribution in [0, 0.1) is 5.82 Å². The Hall–Kier alpha value is -1.59. The van der Waals surface area contributed by atoms with E-state index in [-0.39, 0.29) is 10.2 Å². The van der Waals surface area contributed by atoms with Crippen LogP contribution in [0.4, 0.5) is 10.1 Å². The van der Waals surface area contributed by atoms with Crippen LogP contribution in [-0.4, -0.2) is 5.11 Å². The van der Waals surface area contributed by atoms with Gasteiger partial charge in [-0.2, -0.15) is 0 Å². The molecule has 0 radical (unpaired) electrons. The van der Waals surface area contributed by atoms with Crippen molar-refractivity contribution in [1.82, 2.24) is 5.43 Å². The molecular formula is C13H12BrFN2O. The van der Waals surface area contributed by atoms with Crippen LogP contribution < -0.4 is 10.9 Å². The van der Waals surface area contributed by atoms with Crippen molar-refractivity contribution in [1.29, 1.82) is 0 Å². The third-order valence-electron chi connectivity index (χ3n) is 2.44. The second-order valence-electron chi connectivity index (χ2n) is 3.71. The number of nitrogens with one attached hydrogen (secondary N) is 2. The van der Waals surface area contributed by atoms with Crippen molar-refractivity contribution >= 4 is 21.6 Å². The van der Waals surface area contributed by atoms with E-state index in [0.717, 1.165) is 5.69 Å². The first kappa shape index (κ1) is 12.9. The molecule has 0 aliphatic heterocycles. The highest BCUT2D eigenvalue weighted by Crippen LogP contribution is 2.30. The van der Waals surface area contributed by atoms with Crippen LogP contribution >= 0.6 is 15.9 Å². The van der Waals surface area contributed by atoms with Gasteiger partial charge in [-0.1, -0.05) is 24.3 Å². The third-order valence-corrected chi connectivity index (χ3v) is 3.19. The number of rotatable bonds is 4. The smallest absolute Gasteiger partial charge is 0.141 e. The topological polar surface area (TPSA) is 44.3 Å². The van der Waals surface area contributed by atoms with Crippen molar-refractivity contribution in [2.75, 3.05) is 5.43 Å². The lowest BCUT2D eigenvalue weighted by Gasteiger charge is -2.10. The largest absolute Gasteiger partial charge is 0.506 e. The maximum Gasteiger partial charge on any atom is 0.141 e. The summed E-state index contributed by atoms with van der Waals surface area (Å²) in [5.74, 6) is -0.565. The standard InChI is InChI=1S/C13H12BrFN2O/c14-12-11(15)7-6-9(13(12)18)8-16-17-10-4-2-1-3-5-10/h1-7,16-18H,8H2. The van der Waals surface area contributed by atoms with Gasteiger partial charge in [0.1, 0.15) is 11.6 Å². The van der Waals surface area contributed by atoms with E-state index < -0.39 is 5.82 Å². The van der Waals surface area contributed by atoms with Crippen molar-refractivity contribution in [3.63, 3.8) is 0 Å². The molecule has 2 aromatic rings. The average molecular weight is 311 g/mol. The quantitative estimate of drug-likeness (QED) is 0.758. The zero-order valence-electron chi connectivity index (χ0n) is 9.45. The molecule has 94 valence electrons. The van der Waals surface area contributed by atoms with Gasteiger partial charge in [0.2, 0.25) is 0 Å². The van der Waals surface area contributed by atoms with E-state index in [1.54, 1.807) is 0 Å². The summed E-state index contributed by atoms with van der Waals surface area (Å²) in [6, 6.07) is 12.4. The molecule has 0 fully saturated rings. The van der Waals surface area contributed by atoms with Gasteiger partial charge in [0.15, 0.2) is 0 Å². The van der Waals surface area contributed by atoms with Crippen LogP contribution in [0.15, 0.2) is 46.9 Å². The van der Waals surface area contributed by atoms with Crippen LogP contribution in [0.2, 0.25) is 0 Å². The molecule has 3 nitrogen and oxygen atoms in total. The average Bonchev–Trinajstić information content (AvgIpc) is 2.40. The van der Waals surface area contributed by atoms with Crippen LogP contribution in [0.1, 0.15) is 5.56 Å². The van der Waals surface area contributed by atoms with E-state index in [1.807, 2.05) is 30.3 Å². The molecule has 0 unspecified atom stereocenters. The Labute approximate surface area is 113 Å². The van der Waals surface area contributed by atoms with Gasteiger partial charge in [-0.05, 0) is 34.1 Å². The number of hydrazine groups is 1. The van der Waals surface area contributed by atoms with Crippen molar-refractivity contribution in [2.45, 2.75) is 6.54 Å². The van der Waals surface area contributed by atoms with Gasteiger partial charge in [-0.15, -0.1) is 0 Å². The molecule has 0 bridgehead atoms. The van der Waals surface area contributed by atoms with Gasteiger partial charge in [-0.25, -0.2) is 9.82 Å². The monoisotopic (exact) mass is 310 g/mol. The maximum atomic E-state index is 13.1. The third kappa shape index (κ3) is 3.00. The molecule has 0 aliphatic rings. The maximum absolute atomic E-state index is 13.1. The first-order chi connectivity index (χ1) is 8.68. The van der Waals surface area contributed by atoms with E-state index >= 15 is 0 Å². The molecule has 18 heavy (non-hydrogen) atoms. The molecule has 5 heteroatoms. The molecule has 3 N–H and O–H groups in total. The summed E-state index contributed by atoms with van der Waals surface area (Å²) in [5, 5.41) is 9.72. The number of benzene rings is 2. The Morgan fingerprint density at radius 1 is 1.11 bits per heavy atom. The summed E-state index contributed by atoms with van der Waals surface area (Å²) in [5.41, 5.74) is 7.45. The first-order valence-corrected chi connectivity index (χ1v) is 6.17. The lowest BCUT2D eigenvalue weighted by atomic mass is 10.2. The van der Waals surface area contributed by atoms with Crippen LogP contribution in [0.5, 0.6) is 5.75 Å². The van der Waals surface area contributed by atoms with E-state index in [1.165, 1.54) is 12.1 Å². The number of phenols is 1. The number of phenolic OH excluding ortho intramolecular Hbond substituents is 1. The molecule has 0 amide bonds. The summed E-state index contributed by atoms with van der Waals surface area (Å²) < 4.78 is 13.2. The number of hydrogen-bond acceptors (Lipinski definition) is 3. The number of hydrogen-bond donors (Lipinski definition) is 3. The highest BCUT2D eigenvalue weighted by molar-refractivity contribution is 9.10. The molecule has 0 saturated carbocycles. The van der Waals surface area contributed by atoms with E-state index in [4.69, 9.17) is 0 Å². The predicted molar refractivity (Wildman–Crippen MR) is 72.7 cm³/mol. The van der Waals surface area contributed by atoms with Crippen molar-refractivity contribution in [3.8, 4) is 5.75 Å². The molecule has 0 heterocycles. The summed E-state index contributed by atoms with van der Waals surface area (Å²) >= 11 is 2.99. The van der Waals surface area contributed by atoms with Crippen LogP contribution in [0.3, 0.4) is 0 Å². The van der Waals surface area contributed by atoms with Crippen molar-refractivity contribution in [3.05, 3.63) is 58.3 Å². The minimum absolute atomic E-state index is 0.0847. The molecule has 0 atom stereocenters. The fraction of sp³-hybridized carbons (Fsp3) is 0.0769. The van der Waals surface area contributed by atoms with E-state index in [2.05, 4.69) is 26.8 Å². The van der Waals surface area contributed by atoms with Gasteiger partial charge in [0.25, 0.3) is 0 Å². The fourth-order valence-corrected chi connectivity index (χ4v) is 1.87. The zero-order chi connectivity index (χ0) is 13.0. The molecule has 2 aromatic carbocycles. The van der Waals surface area contributed by atoms with Crippen LogP contribution in [0.25, 0.3) is 0 Å². The predicted octanol–water partition coefficient (Wildman–Crippen LogP) is 3.41. The number of anilines is 1. The Balaban J connectivity index is 1.97. The lowest BCUT2D eigenvalue weighted by Crippen LogP contribution is -2.20. The SMILES string of the molecule is Oc1c(CNNc2ccccc2)ccc(F)c1Br. The zero-order valence-corrected chi connectivity index (χ0v) is 11.0. The Bertz CT molecular complexity index is 534. The summed E-state index contributed by atoms with van der Waals surface area (Å²) in [4.78, 5) is 0. The molecular weight excluding hydrogens is 299 g/mol. The second-order valence-corrected chi connectivity index (χ2v) is 4.51. The van der Waals surface area contributed by atoms with Crippen LogP contribution in [-0.2, 0) is 6.54 Å². The first-order valence-electron chi connectivity index (χ1n) is 5.38. The number of aromatic hydroxyl groups is 1. The van der Waals surface area contributed by atoms with Crippen molar-refractivity contribution < 1.29 is 9.50 Å². The summed E-state index contributed by atoms with van der Waals surface area (Å²) in [6.07, 6.45) is 0. The van der Waals surface area contributed by atoms with Gasteiger partial charge in [0.05, 0.1) is 4.47 Å². The van der Waals surface area contributed by atoms with E-state index in [0.29, 0.717) is 12.1 Å². The minimum atomic E-state index is -0.479. The molecule has 0 aromatic heterocycles. The normalized spacial score (nSPS) is 10.3. The molecule has 0 spiro atoms. The van der Waals surface area contributed by atoms with E-state index in [9.17, 15) is 9.50 Å². The van der Waals surface area contributed by atoms with Crippen molar-refractivity contribution in [2.24, 2.45) is 0 Å². The highest BCUT2D eigenvalue weighted by atomic mass is 79.9.